The number of carbonyl (C=O) groups excluding carboxylic acids is 1. The van der Waals surface area contributed by atoms with Gasteiger partial charge >= 0.3 is 0 Å². The molecule has 0 aromatic carbocycles. The van der Waals surface area contributed by atoms with Crippen LogP contribution < -0.4 is 4.90 Å². The zero-order chi connectivity index (χ0) is 17.3. The summed E-state index contributed by atoms with van der Waals surface area (Å²) in [6, 6.07) is 4.13. The molecule has 1 aromatic heterocycles. The van der Waals surface area contributed by atoms with E-state index < -0.39 is 0 Å². The lowest BCUT2D eigenvalue weighted by molar-refractivity contribution is -0.134. The molecule has 1 aromatic rings. The average molecular weight is 393 g/mol. The summed E-state index contributed by atoms with van der Waals surface area (Å²) in [6.07, 6.45) is 2.46. The number of pyridine rings is 1. The fraction of sp³-hybridized carbons (Fsp3) is 0.588. The van der Waals surface area contributed by atoms with E-state index in [2.05, 4.69) is 26.9 Å². The fourth-order valence-corrected chi connectivity index (χ4v) is 3.86. The molecular formula is C17H21BrN4O2. The van der Waals surface area contributed by atoms with E-state index in [1.807, 2.05) is 13.0 Å². The third-order valence-electron chi connectivity index (χ3n) is 4.64. The van der Waals surface area contributed by atoms with Gasteiger partial charge in [-0.15, -0.1) is 0 Å². The van der Waals surface area contributed by atoms with Gasteiger partial charge in [0.2, 0.25) is 5.91 Å². The third kappa shape index (κ3) is 3.40. The number of hydrogen-bond acceptors (Lipinski definition) is 5. The van der Waals surface area contributed by atoms with Crippen molar-refractivity contribution >= 4 is 27.7 Å². The molecule has 1 unspecified atom stereocenters. The molecule has 1 atom stereocenters. The van der Waals surface area contributed by atoms with Gasteiger partial charge in [0.1, 0.15) is 11.9 Å². The van der Waals surface area contributed by atoms with Crippen LogP contribution in [0, 0.1) is 11.3 Å². The van der Waals surface area contributed by atoms with Gasteiger partial charge < -0.3 is 14.9 Å². The molecular weight excluding hydrogens is 372 g/mol. The van der Waals surface area contributed by atoms with Gasteiger partial charge in [0.05, 0.1) is 17.9 Å². The van der Waals surface area contributed by atoms with Crippen molar-refractivity contribution in [1.29, 1.82) is 5.26 Å². The van der Waals surface area contributed by atoms with Gasteiger partial charge in [-0.25, -0.2) is 4.98 Å². The first-order chi connectivity index (χ1) is 11.5. The maximum absolute atomic E-state index is 12.0. The number of hydrogen-bond donors (Lipinski definition) is 1. The molecule has 3 rings (SSSR count). The number of halogens is 1. The summed E-state index contributed by atoms with van der Waals surface area (Å²) in [4.78, 5) is 20.7. The minimum atomic E-state index is -0.122. The van der Waals surface area contributed by atoms with E-state index in [1.165, 1.54) is 0 Å². The standard InChI is InChI=1S/C17H21BrN4O2/c1-11-10-21(5-6-22(11)15(24)4-7-23)17-13(9-19)8-14(18)16(20-17)12-2-3-12/h8,11-12,23H,2-7,10H2,1H3. The summed E-state index contributed by atoms with van der Waals surface area (Å²) in [6.45, 7) is 3.75. The van der Waals surface area contributed by atoms with Crippen molar-refractivity contribution < 1.29 is 9.90 Å². The van der Waals surface area contributed by atoms with Gasteiger partial charge in [-0.05, 0) is 41.8 Å². The smallest absolute Gasteiger partial charge is 0.225 e. The van der Waals surface area contributed by atoms with Crippen molar-refractivity contribution in [2.24, 2.45) is 0 Å². The highest BCUT2D eigenvalue weighted by Crippen LogP contribution is 2.43. The number of piperazine rings is 1. The minimum absolute atomic E-state index is 0.0207. The zero-order valence-electron chi connectivity index (χ0n) is 13.7. The van der Waals surface area contributed by atoms with Crippen LogP contribution in [0.5, 0.6) is 0 Å². The van der Waals surface area contributed by atoms with Gasteiger partial charge in [-0.1, -0.05) is 0 Å². The highest BCUT2D eigenvalue weighted by atomic mass is 79.9. The topological polar surface area (TPSA) is 80.5 Å². The molecule has 24 heavy (non-hydrogen) atoms. The lowest BCUT2D eigenvalue weighted by atomic mass is 10.1. The number of aliphatic hydroxyl groups excluding tert-OH is 1. The number of carbonyl (C=O) groups is 1. The number of nitrogens with zero attached hydrogens (tertiary/aromatic N) is 4. The van der Waals surface area contributed by atoms with Crippen molar-refractivity contribution in [3.8, 4) is 6.07 Å². The number of amides is 1. The molecule has 7 heteroatoms. The number of aliphatic hydroxyl groups is 1. The van der Waals surface area contributed by atoms with Crippen LogP contribution in [0.4, 0.5) is 5.82 Å². The van der Waals surface area contributed by atoms with E-state index in [1.54, 1.807) is 4.90 Å². The number of rotatable bonds is 4. The Hall–Kier alpha value is -1.65. The van der Waals surface area contributed by atoms with Gasteiger partial charge in [0.15, 0.2) is 0 Å². The van der Waals surface area contributed by atoms with Crippen LogP contribution in [0.1, 0.15) is 43.4 Å². The molecule has 1 aliphatic carbocycles. The molecule has 0 bridgehead atoms. The van der Waals surface area contributed by atoms with Crippen LogP contribution in [0.2, 0.25) is 0 Å². The number of nitriles is 1. The molecule has 2 heterocycles. The van der Waals surface area contributed by atoms with Gasteiger partial charge in [-0.3, -0.25) is 4.79 Å². The Labute approximate surface area is 150 Å². The van der Waals surface area contributed by atoms with Crippen LogP contribution in [-0.2, 0) is 4.79 Å². The van der Waals surface area contributed by atoms with E-state index in [-0.39, 0.29) is 25.0 Å². The first-order valence-corrected chi connectivity index (χ1v) is 9.10. The van der Waals surface area contributed by atoms with Crippen molar-refractivity contribution in [2.45, 2.75) is 38.1 Å². The Morgan fingerprint density at radius 1 is 1.50 bits per heavy atom. The van der Waals surface area contributed by atoms with Gasteiger partial charge in [0.25, 0.3) is 0 Å². The van der Waals surface area contributed by atoms with E-state index in [0.717, 1.165) is 28.8 Å². The molecule has 0 spiro atoms. The van der Waals surface area contributed by atoms with Crippen LogP contribution in [-0.4, -0.2) is 53.2 Å². The Bertz CT molecular complexity index is 684. The predicted molar refractivity (Wildman–Crippen MR) is 93.7 cm³/mol. The number of anilines is 1. The lowest BCUT2D eigenvalue weighted by Crippen LogP contribution is -2.54. The molecule has 6 nitrogen and oxygen atoms in total. The maximum Gasteiger partial charge on any atom is 0.225 e. The van der Waals surface area contributed by atoms with Crippen LogP contribution in [0.25, 0.3) is 0 Å². The zero-order valence-corrected chi connectivity index (χ0v) is 15.3. The van der Waals surface area contributed by atoms with Gasteiger partial charge in [-0.2, -0.15) is 5.26 Å². The summed E-state index contributed by atoms with van der Waals surface area (Å²) >= 11 is 3.54. The average Bonchev–Trinajstić information content (AvgIpc) is 3.39. The molecule has 1 aliphatic heterocycles. The SMILES string of the molecule is CC1CN(c2nc(C3CC3)c(Br)cc2C#N)CCN1C(=O)CCO. The van der Waals surface area contributed by atoms with Crippen molar-refractivity contribution in [1.82, 2.24) is 9.88 Å². The summed E-state index contributed by atoms with van der Waals surface area (Å²) in [5, 5.41) is 18.4. The van der Waals surface area contributed by atoms with E-state index in [9.17, 15) is 10.1 Å². The second kappa shape index (κ2) is 7.08. The first-order valence-electron chi connectivity index (χ1n) is 8.31. The van der Waals surface area contributed by atoms with E-state index >= 15 is 0 Å². The normalized spacial score (nSPS) is 20.8. The summed E-state index contributed by atoms with van der Waals surface area (Å²) in [5.41, 5.74) is 1.60. The molecule has 1 saturated carbocycles. The molecule has 1 saturated heterocycles. The quantitative estimate of drug-likeness (QED) is 0.847. The molecule has 128 valence electrons. The molecule has 1 amide bonds. The Morgan fingerprint density at radius 3 is 2.83 bits per heavy atom. The van der Waals surface area contributed by atoms with Crippen LogP contribution >= 0.6 is 15.9 Å². The third-order valence-corrected chi connectivity index (χ3v) is 5.28. The van der Waals surface area contributed by atoms with Crippen LogP contribution in [0.15, 0.2) is 10.5 Å². The molecule has 1 N–H and O–H groups in total. The predicted octanol–water partition coefficient (Wildman–Crippen LogP) is 2.01. The Morgan fingerprint density at radius 2 is 2.25 bits per heavy atom. The Kier molecular flexibility index (Phi) is 5.07. The largest absolute Gasteiger partial charge is 0.396 e. The molecule has 2 aliphatic rings. The molecule has 2 fully saturated rings. The Balaban J connectivity index is 1.81. The summed E-state index contributed by atoms with van der Waals surface area (Å²) < 4.78 is 0.912. The van der Waals surface area contributed by atoms with Crippen molar-refractivity contribution in [2.75, 3.05) is 31.1 Å². The van der Waals surface area contributed by atoms with Crippen molar-refractivity contribution in [3.63, 3.8) is 0 Å². The number of aromatic nitrogens is 1. The van der Waals surface area contributed by atoms with E-state index in [0.29, 0.717) is 31.1 Å². The second-order valence-corrected chi connectivity index (χ2v) is 7.32. The van der Waals surface area contributed by atoms with Crippen molar-refractivity contribution in [3.05, 3.63) is 21.8 Å². The first kappa shape index (κ1) is 17.2. The minimum Gasteiger partial charge on any atom is -0.396 e. The summed E-state index contributed by atoms with van der Waals surface area (Å²) in [5.74, 6) is 1.20. The van der Waals surface area contributed by atoms with Gasteiger partial charge in [0, 0.05) is 42.5 Å². The monoisotopic (exact) mass is 392 g/mol. The lowest BCUT2D eigenvalue weighted by Gasteiger charge is -2.40. The van der Waals surface area contributed by atoms with E-state index in [4.69, 9.17) is 10.1 Å². The maximum atomic E-state index is 12.0. The highest BCUT2D eigenvalue weighted by Gasteiger charge is 2.32. The fourth-order valence-electron chi connectivity index (χ4n) is 3.22. The second-order valence-electron chi connectivity index (χ2n) is 6.47. The summed E-state index contributed by atoms with van der Waals surface area (Å²) in [7, 11) is 0. The highest BCUT2D eigenvalue weighted by molar-refractivity contribution is 9.10. The molecule has 0 radical (unpaired) electrons. The van der Waals surface area contributed by atoms with Crippen LogP contribution in [0.3, 0.4) is 0 Å².